The van der Waals surface area contributed by atoms with Gasteiger partial charge in [-0.3, -0.25) is 4.79 Å². The summed E-state index contributed by atoms with van der Waals surface area (Å²) in [5.41, 5.74) is 1.11. The molecule has 0 aromatic carbocycles. The third-order valence-corrected chi connectivity index (χ3v) is 3.04. The normalized spacial score (nSPS) is 10.8. The fourth-order valence-electron chi connectivity index (χ4n) is 1.34. The van der Waals surface area contributed by atoms with E-state index in [1.54, 1.807) is 11.3 Å². The number of rotatable bonds is 2. The quantitative estimate of drug-likeness (QED) is 0.794. The van der Waals surface area contributed by atoms with E-state index in [-0.39, 0.29) is 6.42 Å². The Bertz CT molecular complexity index is 455. The van der Waals surface area contributed by atoms with E-state index in [0.29, 0.717) is 0 Å². The van der Waals surface area contributed by atoms with E-state index < -0.39 is 5.97 Å². The molecule has 0 atom stereocenters. The largest absolute Gasteiger partial charge is 0.481 e. The van der Waals surface area contributed by atoms with E-state index in [1.807, 2.05) is 29.9 Å². The average Bonchev–Trinajstić information content (AvgIpc) is 2.53. The first-order valence-corrected chi connectivity index (χ1v) is 4.74. The van der Waals surface area contributed by atoms with Crippen molar-refractivity contribution in [1.82, 2.24) is 4.57 Å². The number of aromatic nitrogens is 1. The second kappa shape index (κ2) is 2.88. The maximum Gasteiger partial charge on any atom is 0.308 e. The van der Waals surface area contributed by atoms with Crippen molar-refractivity contribution in [2.24, 2.45) is 7.05 Å². The van der Waals surface area contributed by atoms with Gasteiger partial charge >= 0.3 is 5.97 Å². The minimum Gasteiger partial charge on any atom is -0.481 e. The van der Waals surface area contributed by atoms with Gasteiger partial charge in [0, 0.05) is 18.1 Å². The van der Waals surface area contributed by atoms with Crippen LogP contribution in [0.5, 0.6) is 0 Å². The van der Waals surface area contributed by atoms with Gasteiger partial charge in [0.25, 0.3) is 0 Å². The molecule has 13 heavy (non-hydrogen) atoms. The molecule has 0 fully saturated rings. The van der Waals surface area contributed by atoms with Gasteiger partial charge in [0.15, 0.2) is 0 Å². The Hall–Kier alpha value is -1.29. The Balaban J connectivity index is 2.44. The number of carbonyl (C=O) groups is 1. The van der Waals surface area contributed by atoms with Gasteiger partial charge in [-0.15, -0.1) is 11.3 Å². The van der Waals surface area contributed by atoms with Crippen molar-refractivity contribution in [2.75, 3.05) is 0 Å². The molecule has 0 saturated carbocycles. The van der Waals surface area contributed by atoms with Crippen molar-refractivity contribution in [3.63, 3.8) is 0 Å². The molecule has 0 radical (unpaired) electrons. The third kappa shape index (κ3) is 1.45. The molecule has 1 N–H and O–H groups in total. The van der Waals surface area contributed by atoms with Gasteiger partial charge in [0.1, 0.15) is 0 Å². The number of fused-ring (bicyclic) bond motifs is 1. The van der Waals surface area contributed by atoms with Gasteiger partial charge in [-0.05, 0) is 12.1 Å². The molecule has 4 heteroatoms. The summed E-state index contributed by atoms with van der Waals surface area (Å²) < 4.78 is 3.15. The summed E-state index contributed by atoms with van der Waals surface area (Å²) in [6, 6.07) is 3.94. The maximum absolute atomic E-state index is 10.5. The van der Waals surface area contributed by atoms with E-state index in [0.717, 1.165) is 15.1 Å². The lowest BCUT2D eigenvalue weighted by molar-refractivity contribution is -0.136. The molecular formula is C9H9NO2S. The summed E-state index contributed by atoms with van der Waals surface area (Å²) in [6.45, 7) is 0. The number of carboxylic acids is 1. The lowest BCUT2D eigenvalue weighted by Crippen LogP contribution is -1.97. The van der Waals surface area contributed by atoms with Gasteiger partial charge in [-0.2, -0.15) is 0 Å². The molecule has 0 amide bonds. The monoisotopic (exact) mass is 195 g/mol. The van der Waals surface area contributed by atoms with Crippen molar-refractivity contribution in [3.05, 3.63) is 23.2 Å². The Labute approximate surface area is 79.2 Å². The van der Waals surface area contributed by atoms with E-state index in [9.17, 15) is 4.79 Å². The van der Waals surface area contributed by atoms with Gasteiger partial charge in [0.2, 0.25) is 0 Å². The molecule has 3 nitrogen and oxygen atoms in total. The Morgan fingerprint density at radius 1 is 1.69 bits per heavy atom. The van der Waals surface area contributed by atoms with Crippen LogP contribution >= 0.6 is 11.3 Å². The van der Waals surface area contributed by atoms with Crippen LogP contribution in [-0.2, 0) is 18.3 Å². The molecular weight excluding hydrogens is 186 g/mol. The highest BCUT2D eigenvalue weighted by atomic mass is 32.1. The Morgan fingerprint density at radius 3 is 3.08 bits per heavy atom. The first-order chi connectivity index (χ1) is 6.16. The molecule has 0 aliphatic carbocycles. The fourth-order valence-corrected chi connectivity index (χ4v) is 2.42. The molecule has 2 rings (SSSR count). The first kappa shape index (κ1) is 8.31. The Kier molecular flexibility index (Phi) is 1.84. The molecule has 2 aromatic heterocycles. The number of hydrogen-bond acceptors (Lipinski definition) is 2. The molecule has 0 saturated heterocycles. The summed E-state index contributed by atoms with van der Waals surface area (Å²) in [5.74, 6) is -0.772. The van der Waals surface area contributed by atoms with Crippen molar-refractivity contribution in [2.45, 2.75) is 6.42 Å². The van der Waals surface area contributed by atoms with E-state index in [1.165, 1.54) is 0 Å². The maximum atomic E-state index is 10.5. The molecule has 0 bridgehead atoms. The molecule has 0 spiro atoms. The zero-order chi connectivity index (χ0) is 9.42. The van der Waals surface area contributed by atoms with Gasteiger partial charge in [0.05, 0.1) is 16.6 Å². The van der Waals surface area contributed by atoms with Crippen LogP contribution < -0.4 is 0 Å². The highest BCUT2D eigenvalue weighted by Crippen LogP contribution is 2.26. The number of aliphatic carboxylic acids is 1. The SMILES string of the molecule is Cn1ccc2sc(CC(=O)O)cc21. The van der Waals surface area contributed by atoms with Crippen LogP contribution in [0.1, 0.15) is 4.88 Å². The molecule has 0 aliphatic heterocycles. The second-order valence-corrected chi connectivity index (χ2v) is 4.13. The Morgan fingerprint density at radius 2 is 2.46 bits per heavy atom. The molecule has 2 aromatic rings. The molecule has 0 aliphatic rings. The highest BCUT2D eigenvalue weighted by Gasteiger charge is 2.07. The average molecular weight is 195 g/mol. The van der Waals surface area contributed by atoms with E-state index in [2.05, 4.69) is 0 Å². The van der Waals surface area contributed by atoms with E-state index in [4.69, 9.17) is 5.11 Å². The smallest absolute Gasteiger partial charge is 0.308 e. The molecule has 2 heterocycles. The van der Waals surface area contributed by atoms with Crippen molar-refractivity contribution < 1.29 is 9.90 Å². The zero-order valence-corrected chi connectivity index (χ0v) is 7.97. The molecule has 68 valence electrons. The summed E-state index contributed by atoms with van der Waals surface area (Å²) in [4.78, 5) is 11.4. The topological polar surface area (TPSA) is 42.2 Å². The minimum atomic E-state index is -0.772. The lowest BCUT2D eigenvalue weighted by atomic mass is 10.3. The zero-order valence-electron chi connectivity index (χ0n) is 7.15. The van der Waals surface area contributed by atoms with Crippen LogP contribution in [0.3, 0.4) is 0 Å². The summed E-state index contributed by atoms with van der Waals surface area (Å²) >= 11 is 1.54. The van der Waals surface area contributed by atoms with Crippen molar-refractivity contribution >= 4 is 27.5 Å². The van der Waals surface area contributed by atoms with Gasteiger partial charge in [-0.1, -0.05) is 0 Å². The number of carboxylic acid groups (broad SMARTS) is 1. The van der Waals surface area contributed by atoms with Crippen LogP contribution in [0.2, 0.25) is 0 Å². The van der Waals surface area contributed by atoms with Crippen molar-refractivity contribution in [1.29, 1.82) is 0 Å². The van der Waals surface area contributed by atoms with Crippen LogP contribution in [0.25, 0.3) is 10.2 Å². The van der Waals surface area contributed by atoms with Gasteiger partial charge in [-0.25, -0.2) is 0 Å². The van der Waals surface area contributed by atoms with Gasteiger partial charge < -0.3 is 9.67 Å². The van der Waals surface area contributed by atoms with Crippen LogP contribution in [0, 0.1) is 0 Å². The lowest BCUT2D eigenvalue weighted by Gasteiger charge is -1.89. The summed E-state index contributed by atoms with van der Waals surface area (Å²) in [7, 11) is 1.96. The van der Waals surface area contributed by atoms with Crippen LogP contribution in [0.4, 0.5) is 0 Å². The highest BCUT2D eigenvalue weighted by molar-refractivity contribution is 7.19. The predicted molar refractivity (Wildman–Crippen MR) is 52.1 cm³/mol. The van der Waals surface area contributed by atoms with E-state index >= 15 is 0 Å². The van der Waals surface area contributed by atoms with Crippen LogP contribution in [-0.4, -0.2) is 15.6 Å². The number of aryl methyl sites for hydroxylation is 1. The van der Waals surface area contributed by atoms with Crippen LogP contribution in [0.15, 0.2) is 18.3 Å². The van der Waals surface area contributed by atoms with Crippen molar-refractivity contribution in [3.8, 4) is 0 Å². The predicted octanol–water partition coefficient (Wildman–Crippen LogP) is 1.87. The fraction of sp³-hybridized carbons (Fsp3) is 0.222. The minimum absolute atomic E-state index is 0.124. The third-order valence-electron chi connectivity index (χ3n) is 1.95. The number of nitrogens with zero attached hydrogens (tertiary/aromatic N) is 1. The second-order valence-electron chi connectivity index (χ2n) is 2.96. The number of thiophene rings is 1. The number of hydrogen-bond donors (Lipinski definition) is 1. The first-order valence-electron chi connectivity index (χ1n) is 3.92. The summed E-state index contributed by atoms with van der Waals surface area (Å²) in [5, 5.41) is 8.60. The summed E-state index contributed by atoms with van der Waals surface area (Å²) in [6.07, 6.45) is 2.10. The molecule has 0 unspecified atom stereocenters. The standard InChI is InChI=1S/C9H9NO2S/c1-10-3-2-8-7(10)4-6(13-8)5-9(11)12/h2-4H,5H2,1H3,(H,11,12).